The molecule has 1 saturated carbocycles. The van der Waals surface area contributed by atoms with Crippen LogP contribution in [0.1, 0.15) is 19.3 Å². The molecular formula is C7H12NO2. The SMILES string of the molecule is [NH]CCC1CC(C(=O)O)C1. The molecule has 57 valence electrons. The van der Waals surface area contributed by atoms with Crippen molar-refractivity contribution in [2.24, 2.45) is 11.8 Å². The Balaban J connectivity index is 2.12. The molecule has 0 unspecified atom stereocenters. The number of hydrogen-bond acceptors (Lipinski definition) is 1. The highest BCUT2D eigenvalue weighted by atomic mass is 16.4. The molecule has 2 N–H and O–H groups in total. The molecule has 0 heterocycles. The summed E-state index contributed by atoms with van der Waals surface area (Å²) in [5, 5.41) is 8.47. The maximum atomic E-state index is 10.3. The third-order valence-corrected chi connectivity index (χ3v) is 2.14. The van der Waals surface area contributed by atoms with Gasteiger partial charge in [-0.3, -0.25) is 10.5 Å². The van der Waals surface area contributed by atoms with E-state index in [2.05, 4.69) is 0 Å². The quantitative estimate of drug-likeness (QED) is 0.632. The number of nitrogens with one attached hydrogen (secondary N) is 1. The van der Waals surface area contributed by atoms with Crippen molar-refractivity contribution in [1.82, 2.24) is 5.73 Å². The van der Waals surface area contributed by atoms with E-state index in [4.69, 9.17) is 10.8 Å². The molecule has 1 aliphatic rings. The third-order valence-electron chi connectivity index (χ3n) is 2.14. The van der Waals surface area contributed by atoms with Crippen LogP contribution in [0.3, 0.4) is 0 Å². The normalized spacial score (nSPS) is 31.3. The number of hydrogen-bond donors (Lipinski definition) is 1. The fourth-order valence-electron chi connectivity index (χ4n) is 1.38. The number of carboxylic acid groups (broad SMARTS) is 1. The minimum absolute atomic E-state index is 0.100. The monoisotopic (exact) mass is 142 g/mol. The van der Waals surface area contributed by atoms with Crippen LogP contribution in [0.2, 0.25) is 0 Å². The zero-order valence-corrected chi connectivity index (χ0v) is 5.84. The lowest BCUT2D eigenvalue weighted by atomic mass is 9.73. The molecule has 0 aromatic rings. The number of aliphatic carboxylic acids is 1. The van der Waals surface area contributed by atoms with Gasteiger partial charge in [-0.1, -0.05) is 0 Å². The minimum atomic E-state index is -0.666. The van der Waals surface area contributed by atoms with Crippen LogP contribution < -0.4 is 5.73 Å². The molecule has 1 aliphatic carbocycles. The molecule has 0 atom stereocenters. The second-order valence-electron chi connectivity index (χ2n) is 2.91. The van der Waals surface area contributed by atoms with Crippen LogP contribution in [-0.4, -0.2) is 17.6 Å². The first-order chi connectivity index (χ1) is 4.74. The van der Waals surface area contributed by atoms with Gasteiger partial charge in [0.2, 0.25) is 0 Å². The molecule has 0 bridgehead atoms. The van der Waals surface area contributed by atoms with E-state index in [1.54, 1.807) is 0 Å². The van der Waals surface area contributed by atoms with E-state index in [0.29, 0.717) is 12.5 Å². The van der Waals surface area contributed by atoms with Crippen molar-refractivity contribution in [2.45, 2.75) is 19.3 Å². The smallest absolute Gasteiger partial charge is 0.306 e. The summed E-state index contributed by atoms with van der Waals surface area (Å²) in [4.78, 5) is 10.3. The zero-order valence-electron chi connectivity index (χ0n) is 5.84. The zero-order chi connectivity index (χ0) is 7.56. The Morgan fingerprint density at radius 2 is 2.20 bits per heavy atom. The molecule has 10 heavy (non-hydrogen) atoms. The Morgan fingerprint density at radius 3 is 2.60 bits per heavy atom. The first-order valence-corrected chi connectivity index (χ1v) is 3.61. The standard InChI is InChI=1S/C7H12NO2/c8-2-1-5-3-6(4-5)7(9)10/h5-6,8H,1-4H2,(H,9,10). The van der Waals surface area contributed by atoms with E-state index in [1.807, 2.05) is 0 Å². The molecule has 1 fully saturated rings. The summed E-state index contributed by atoms with van der Waals surface area (Å²) >= 11 is 0. The molecule has 0 amide bonds. The third kappa shape index (κ3) is 1.48. The van der Waals surface area contributed by atoms with Crippen molar-refractivity contribution < 1.29 is 9.90 Å². The Kier molecular flexibility index (Phi) is 2.27. The highest BCUT2D eigenvalue weighted by molar-refractivity contribution is 5.71. The molecule has 1 rings (SSSR count). The van der Waals surface area contributed by atoms with E-state index in [0.717, 1.165) is 19.3 Å². The van der Waals surface area contributed by atoms with Crippen molar-refractivity contribution in [3.63, 3.8) is 0 Å². The van der Waals surface area contributed by atoms with E-state index < -0.39 is 5.97 Å². The van der Waals surface area contributed by atoms with Gasteiger partial charge in [-0.05, 0) is 25.2 Å². The topological polar surface area (TPSA) is 61.1 Å². The summed E-state index contributed by atoms with van der Waals surface area (Å²) in [5.74, 6) is -0.239. The average molecular weight is 142 g/mol. The maximum absolute atomic E-state index is 10.3. The molecule has 0 aromatic carbocycles. The van der Waals surface area contributed by atoms with Crippen molar-refractivity contribution in [1.29, 1.82) is 0 Å². The van der Waals surface area contributed by atoms with Gasteiger partial charge in [0, 0.05) is 6.54 Å². The summed E-state index contributed by atoms with van der Waals surface area (Å²) in [6.45, 7) is 0.441. The largest absolute Gasteiger partial charge is 0.481 e. The van der Waals surface area contributed by atoms with Gasteiger partial charge in [0.25, 0.3) is 0 Å². The molecule has 3 heteroatoms. The molecule has 0 saturated heterocycles. The molecule has 3 nitrogen and oxygen atoms in total. The molecule has 0 aliphatic heterocycles. The van der Waals surface area contributed by atoms with Gasteiger partial charge in [-0.2, -0.15) is 0 Å². The van der Waals surface area contributed by atoms with Gasteiger partial charge in [0.05, 0.1) is 5.92 Å². The second kappa shape index (κ2) is 3.01. The summed E-state index contributed by atoms with van der Waals surface area (Å²) in [6.07, 6.45) is 2.48. The molecule has 1 radical (unpaired) electrons. The highest BCUT2D eigenvalue weighted by Crippen LogP contribution is 2.35. The van der Waals surface area contributed by atoms with Crippen LogP contribution in [0, 0.1) is 11.8 Å². The second-order valence-corrected chi connectivity index (χ2v) is 2.91. The van der Waals surface area contributed by atoms with Crippen molar-refractivity contribution in [2.75, 3.05) is 6.54 Å². The number of carbonyl (C=O) groups is 1. The lowest BCUT2D eigenvalue weighted by Crippen LogP contribution is -2.30. The van der Waals surface area contributed by atoms with Gasteiger partial charge in [-0.25, -0.2) is 0 Å². The van der Waals surface area contributed by atoms with E-state index >= 15 is 0 Å². The highest BCUT2D eigenvalue weighted by Gasteiger charge is 2.33. The Morgan fingerprint density at radius 1 is 1.60 bits per heavy atom. The van der Waals surface area contributed by atoms with E-state index in [-0.39, 0.29) is 5.92 Å². The lowest BCUT2D eigenvalue weighted by Gasteiger charge is -2.31. The van der Waals surface area contributed by atoms with Crippen LogP contribution in [0.4, 0.5) is 0 Å². The Hall–Kier alpha value is -0.570. The molecule has 0 aromatic heterocycles. The Labute approximate surface area is 60.2 Å². The van der Waals surface area contributed by atoms with Gasteiger partial charge in [0.1, 0.15) is 0 Å². The fraction of sp³-hybridized carbons (Fsp3) is 0.857. The van der Waals surface area contributed by atoms with Crippen molar-refractivity contribution >= 4 is 5.97 Å². The summed E-state index contributed by atoms with van der Waals surface area (Å²) < 4.78 is 0. The molecular weight excluding hydrogens is 130 g/mol. The van der Waals surface area contributed by atoms with Gasteiger partial charge in [0.15, 0.2) is 0 Å². The maximum Gasteiger partial charge on any atom is 0.306 e. The first-order valence-electron chi connectivity index (χ1n) is 3.61. The number of carboxylic acids is 1. The Bertz CT molecular complexity index is 130. The summed E-state index contributed by atoms with van der Waals surface area (Å²) in [5.41, 5.74) is 6.90. The van der Waals surface area contributed by atoms with Crippen molar-refractivity contribution in [3.8, 4) is 0 Å². The fourth-order valence-corrected chi connectivity index (χ4v) is 1.38. The van der Waals surface area contributed by atoms with Gasteiger partial charge < -0.3 is 5.11 Å². The van der Waals surface area contributed by atoms with E-state index in [1.165, 1.54) is 0 Å². The van der Waals surface area contributed by atoms with Crippen LogP contribution in [0.25, 0.3) is 0 Å². The van der Waals surface area contributed by atoms with Gasteiger partial charge in [-0.15, -0.1) is 0 Å². The van der Waals surface area contributed by atoms with Crippen LogP contribution in [0.5, 0.6) is 0 Å². The predicted octanol–water partition coefficient (Wildman–Crippen LogP) is 0.770. The minimum Gasteiger partial charge on any atom is -0.481 e. The number of rotatable bonds is 3. The lowest BCUT2D eigenvalue weighted by molar-refractivity contribution is -0.146. The van der Waals surface area contributed by atoms with Gasteiger partial charge >= 0.3 is 5.97 Å². The van der Waals surface area contributed by atoms with Crippen LogP contribution >= 0.6 is 0 Å². The first kappa shape index (κ1) is 7.54. The van der Waals surface area contributed by atoms with Crippen LogP contribution in [-0.2, 0) is 4.79 Å². The van der Waals surface area contributed by atoms with E-state index in [9.17, 15) is 4.79 Å². The molecule has 0 spiro atoms. The summed E-state index contributed by atoms with van der Waals surface area (Å²) in [6, 6.07) is 0. The average Bonchev–Trinajstić information content (AvgIpc) is 1.76. The summed E-state index contributed by atoms with van der Waals surface area (Å²) in [7, 11) is 0. The van der Waals surface area contributed by atoms with Crippen LogP contribution in [0.15, 0.2) is 0 Å². The van der Waals surface area contributed by atoms with Crippen molar-refractivity contribution in [3.05, 3.63) is 0 Å². The predicted molar refractivity (Wildman–Crippen MR) is 36.4 cm³/mol.